The van der Waals surface area contributed by atoms with E-state index in [1.165, 1.54) is 23.5 Å². The number of ketones is 1. The van der Waals surface area contributed by atoms with E-state index in [0.717, 1.165) is 11.1 Å². The van der Waals surface area contributed by atoms with Crippen molar-refractivity contribution in [3.8, 4) is 11.1 Å². The van der Waals surface area contributed by atoms with Gasteiger partial charge < -0.3 is 41.9 Å². The molecule has 2 bridgehead atoms. The lowest BCUT2D eigenvalue weighted by molar-refractivity contribution is -0.144. The molecule has 8 N–H and O–H groups in total. The van der Waals surface area contributed by atoms with E-state index in [9.17, 15) is 48.9 Å². The number of benzene rings is 5. The Morgan fingerprint density at radius 1 is 0.557 bits per heavy atom. The maximum atomic E-state index is 14.8. The summed E-state index contributed by atoms with van der Waals surface area (Å²) in [5.74, 6) is -7.71. The van der Waals surface area contributed by atoms with E-state index in [1.54, 1.807) is 102 Å². The van der Waals surface area contributed by atoms with Crippen LogP contribution in [0.4, 0.5) is 5.69 Å². The van der Waals surface area contributed by atoms with Gasteiger partial charge in [0.2, 0.25) is 17.7 Å². The maximum absolute atomic E-state index is 14.8. The first-order valence-corrected chi connectivity index (χ1v) is 23.6. The first-order chi connectivity index (χ1) is 33.8. The van der Waals surface area contributed by atoms with E-state index >= 15 is 0 Å². The van der Waals surface area contributed by atoms with E-state index in [-0.39, 0.29) is 37.8 Å². The number of carboxylic acid groups (broad SMARTS) is 1. The second-order valence-electron chi connectivity index (χ2n) is 17.2. The Balaban J connectivity index is 1.26. The van der Waals surface area contributed by atoms with Gasteiger partial charge in [0.15, 0.2) is 18.0 Å². The van der Waals surface area contributed by atoms with Crippen LogP contribution in [0.3, 0.4) is 0 Å². The van der Waals surface area contributed by atoms with Crippen molar-refractivity contribution in [2.75, 3.05) is 5.32 Å². The van der Waals surface area contributed by atoms with Gasteiger partial charge in [0.25, 0.3) is 11.8 Å². The lowest BCUT2D eigenvalue weighted by Gasteiger charge is -2.27. The van der Waals surface area contributed by atoms with Gasteiger partial charge in [0.1, 0.15) is 18.1 Å². The van der Waals surface area contributed by atoms with Gasteiger partial charge in [-0.15, -0.1) is 11.3 Å². The van der Waals surface area contributed by atoms with Crippen molar-refractivity contribution in [1.82, 2.24) is 21.3 Å². The van der Waals surface area contributed by atoms with Crippen LogP contribution in [0.5, 0.6) is 0 Å². The van der Waals surface area contributed by atoms with Crippen molar-refractivity contribution in [2.45, 2.75) is 74.9 Å². The normalized spacial score (nSPS) is 21.0. The third-order valence-corrected chi connectivity index (χ3v) is 12.9. The number of Topliss-reactive ketones (excluding diaryl/α,β-unsaturated/α-hetero) is 1. The molecular weight excluding hydrogens is 911 g/mol. The molecule has 5 amide bonds. The Morgan fingerprint density at radius 3 is 1.70 bits per heavy atom. The zero-order valence-corrected chi connectivity index (χ0v) is 38.7. The first kappa shape index (κ1) is 50.1. The molecule has 7 atom stereocenters. The molecule has 15 nitrogen and oxygen atoms in total. The predicted octanol–water partition coefficient (Wildman–Crippen LogP) is 4.20. The van der Waals surface area contributed by atoms with Crippen LogP contribution in [-0.2, 0) is 65.7 Å². The van der Waals surface area contributed by atoms with E-state index in [0.29, 0.717) is 27.1 Å². The van der Waals surface area contributed by atoms with E-state index < -0.39 is 90.0 Å². The number of fused-ring (bicyclic) bond motifs is 18. The summed E-state index contributed by atoms with van der Waals surface area (Å²) in [5.41, 5.74) is 4.48. The molecule has 16 heteroatoms. The number of hydrogen-bond donors (Lipinski definition) is 8. The number of carbonyl (C=O) groups is 7. The summed E-state index contributed by atoms with van der Waals surface area (Å²) >= 11 is 1.29. The smallest absolute Gasteiger partial charge is 0.326 e. The van der Waals surface area contributed by atoms with Crippen LogP contribution in [0.15, 0.2) is 157 Å². The Kier molecular flexibility index (Phi) is 17.2. The Labute approximate surface area is 408 Å². The molecule has 2 aliphatic rings. The number of carboxylic acids is 1. The maximum Gasteiger partial charge on any atom is 0.326 e. The first-order valence-electron chi connectivity index (χ1n) is 22.8. The lowest BCUT2D eigenvalue weighted by atomic mass is 9.89. The Hall–Kier alpha value is -7.79. The highest BCUT2D eigenvalue weighted by Crippen LogP contribution is 2.22. The molecule has 0 saturated carbocycles. The highest BCUT2D eigenvalue weighted by molar-refractivity contribution is 7.09. The molecule has 0 aliphatic carbocycles. The number of carbonyl (C=O) groups excluding carboxylic acids is 6. The average molecular weight is 964 g/mol. The van der Waals surface area contributed by atoms with E-state index in [1.807, 2.05) is 42.5 Å². The zero-order chi connectivity index (χ0) is 49.6. The second-order valence-corrected chi connectivity index (χ2v) is 18.2. The van der Waals surface area contributed by atoms with Crippen LogP contribution < -0.4 is 26.6 Å². The number of thiophene rings is 1. The Morgan fingerprint density at radius 2 is 1.09 bits per heavy atom. The minimum Gasteiger partial charge on any atom is -0.480 e. The summed E-state index contributed by atoms with van der Waals surface area (Å²) in [6, 6.07) is 38.7. The van der Waals surface area contributed by atoms with Crippen molar-refractivity contribution >= 4 is 58.3 Å². The summed E-state index contributed by atoms with van der Waals surface area (Å²) in [5, 5.41) is 47.0. The number of aliphatic carboxylic acids is 1. The second kappa shape index (κ2) is 24.0. The molecule has 1 aromatic heterocycles. The number of amides is 5. The number of nitrogens with one attached hydrogen (secondary N) is 5. The van der Waals surface area contributed by atoms with E-state index in [2.05, 4.69) is 26.6 Å². The molecule has 0 spiro atoms. The number of rotatable bonds is 12. The third kappa shape index (κ3) is 13.9. The van der Waals surface area contributed by atoms with Gasteiger partial charge in [0, 0.05) is 42.2 Å². The van der Waals surface area contributed by atoms with Crippen molar-refractivity contribution in [3.05, 3.63) is 184 Å². The monoisotopic (exact) mass is 963 g/mol. The predicted molar refractivity (Wildman–Crippen MR) is 263 cm³/mol. The molecule has 0 fully saturated rings. The summed E-state index contributed by atoms with van der Waals surface area (Å²) in [6.45, 7) is 0. The van der Waals surface area contributed by atoms with Crippen LogP contribution in [0.2, 0.25) is 0 Å². The molecule has 0 saturated heterocycles. The highest BCUT2D eigenvalue weighted by Gasteiger charge is 2.36. The van der Waals surface area contributed by atoms with Crippen molar-refractivity contribution in [1.29, 1.82) is 0 Å². The van der Waals surface area contributed by atoms with Crippen LogP contribution in [0.25, 0.3) is 11.1 Å². The van der Waals surface area contributed by atoms with Crippen LogP contribution in [0.1, 0.15) is 33.6 Å². The fourth-order valence-electron chi connectivity index (χ4n) is 8.14. The summed E-state index contributed by atoms with van der Waals surface area (Å²) in [6.07, 6.45) is -5.37. The number of anilines is 1. The molecule has 360 valence electrons. The minimum absolute atomic E-state index is 0.0103. The topological polar surface area (TPSA) is 240 Å². The molecule has 3 heterocycles. The van der Waals surface area contributed by atoms with Gasteiger partial charge in [-0.1, -0.05) is 133 Å². The molecule has 6 aromatic rings. The molecule has 70 heavy (non-hydrogen) atoms. The highest BCUT2D eigenvalue weighted by atomic mass is 32.1. The van der Waals surface area contributed by atoms with Crippen LogP contribution in [0, 0.1) is 5.92 Å². The lowest BCUT2D eigenvalue weighted by Crippen LogP contribution is -2.59. The Bertz CT molecular complexity index is 2740. The summed E-state index contributed by atoms with van der Waals surface area (Å²) in [7, 11) is 0. The van der Waals surface area contributed by atoms with Gasteiger partial charge in [-0.05, 0) is 69.8 Å². The number of aliphatic hydroxyl groups is 2. The molecule has 0 unspecified atom stereocenters. The fraction of sp³-hybridized carbons (Fsp3) is 0.241. The van der Waals surface area contributed by atoms with Crippen molar-refractivity contribution in [3.63, 3.8) is 0 Å². The average Bonchev–Trinajstić information content (AvgIpc) is 3.89. The van der Waals surface area contributed by atoms with Gasteiger partial charge in [0.05, 0.1) is 6.04 Å². The standard InChI is InChI=1S/C54H53N5O10S/c60-46-31-39(49(63)59-45(54(68)69)30-34-13-6-2-7-14-34)27-35-20-24-40(25-21-35)55-52(66)47(61)48(62)53(67)58-44(32-41-17-10-26-70-41)51(65)57-43(50(64)56-42(46)28-33-11-4-1-5-12-33)29-36-18-22-38(23-19-36)37-15-8-3-9-16-37/h1-26,39,42-45,47-48,61-62H,27-32H2,(H,55,66)(H,56,64)(H,57,65)(H,58,67)(H,59,63)(H,68,69)/t39-,42-,43+,44-,45-,47-,48-/m1/s1. The third-order valence-electron chi connectivity index (χ3n) is 12.0. The number of hydrogen-bond acceptors (Lipinski definition) is 10. The molecule has 8 rings (SSSR count). The zero-order valence-electron chi connectivity index (χ0n) is 37.9. The molecule has 0 radical (unpaired) electrons. The minimum atomic E-state index is -2.32. The van der Waals surface area contributed by atoms with Gasteiger partial charge in [-0.3, -0.25) is 28.8 Å². The summed E-state index contributed by atoms with van der Waals surface area (Å²) in [4.78, 5) is 98.3. The largest absolute Gasteiger partial charge is 0.480 e. The van der Waals surface area contributed by atoms with E-state index in [4.69, 9.17) is 0 Å². The molecular formula is C54H53N5O10S. The molecule has 2 aliphatic heterocycles. The quantitative estimate of drug-likeness (QED) is 0.0814. The summed E-state index contributed by atoms with van der Waals surface area (Å²) < 4.78 is 0. The SMILES string of the molecule is O=C(N[C@H](Cc1ccccc1)C(=O)O)[C@H]1CC(=O)[C@@H](Cc2ccccc2)NC(=O)[C@H](Cc2ccc(-c3ccccc3)cc2)NC(=O)[C@@H](Cc2cccs2)NC(=O)[C@H](O)[C@@H](O)C(=O)Nc2ccc(cc2)C1. The van der Waals surface area contributed by atoms with Gasteiger partial charge in [-0.25, -0.2) is 4.79 Å². The number of aliphatic hydroxyl groups excluding tert-OH is 2. The molecule has 5 aromatic carbocycles. The van der Waals surface area contributed by atoms with Crippen LogP contribution >= 0.6 is 11.3 Å². The fourth-order valence-corrected chi connectivity index (χ4v) is 8.89. The van der Waals surface area contributed by atoms with Crippen LogP contribution in [-0.4, -0.2) is 93.0 Å². The van der Waals surface area contributed by atoms with Gasteiger partial charge >= 0.3 is 5.97 Å². The van der Waals surface area contributed by atoms with Crippen molar-refractivity contribution < 1.29 is 48.9 Å². The van der Waals surface area contributed by atoms with Crippen molar-refractivity contribution in [2.24, 2.45) is 5.92 Å². The van der Waals surface area contributed by atoms with Gasteiger partial charge in [-0.2, -0.15) is 0 Å².